The molecule has 0 radical (unpaired) electrons. The Balaban J connectivity index is 0. The number of sulfone groups is 1. The molecule has 8 heteroatoms. The molecule has 2 N–H and O–H groups in total. The summed E-state index contributed by atoms with van der Waals surface area (Å²) in [6.07, 6.45) is 7.52. The predicted octanol–water partition coefficient (Wildman–Crippen LogP) is 2.44. The Kier molecular flexibility index (Phi) is 17.8. The fourth-order valence-corrected chi connectivity index (χ4v) is 2.43. The van der Waals surface area contributed by atoms with Crippen molar-refractivity contribution in [3.05, 3.63) is 0 Å². The Morgan fingerprint density at radius 1 is 1.04 bits per heavy atom. The Morgan fingerprint density at radius 2 is 1.67 bits per heavy atom. The Hall–Kier alpha value is -0.0900. The van der Waals surface area contributed by atoms with E-state index in [2.05, 4.69) is 29.5 Å². The Labute approximate surface area is 165 Å². The molecule has 0 heterocycles. The van der Waals surface area contributed by atoms with E-state index in [0.717, 1.165) is 24.8 Å². The van der Waals surface area contributed by atoms with E-state index in [1.807, 2.05) is 0 Å². The van der Waals surface area contributed by atoms with Gasteiger partial charge in [0.05, 0.1) is 19.0 Å². The van der Waals surface area contributed by atoms with Gasteiger partial charge in [0.25, 0.3) is 0 Å². The predicted molar refractivity (Wildman–Crippen MR) is 113 cm³/mol. The second-order valence-electron chi connectivity index (χ2n) is 6.26. The van der Waals surface area contributed by atoms with Crippen LogP contribution in [0.1, 0.15) is 46.0 Å². The first-order chi connectivity index (χ1) is 10.8. The first kappa shape index (κ1) is 26.1. The fraction of sp³-hybridized carbons (Fsp3) is 0.938. The lowest BCUT2D eigenvalue weighted by Gasteiger charge is -2.12. The summed E-state index contributed by atoms with van der Waals surface area (Å²) in [6.45, 7) is 6.76. The molecule has 0 bridgehead atoms. The van der Waals surface area contributed by atoms with Gasteiger partial charge in [-0.1, -0.05) is 39.5 Å². The molecule has 0 spiro atoms. The molecule has 0 saturated heterocycles. The molecule has 0 rings (SSSR count). The Morgan fingerprint density at radius 3 is 2.25 bits per heavy atom. The lowest BCUT2D eigenvalue weighted by atomic mass is 10.0. The SMILES string of the molecule is CN=C(NCCCCCCC(C)C)NCCOCCS(C)(=O)=O.I. The number of nitrogens with one attached hydrogen (secondary N) is 2. The van der Waals surface area contributed by atoms with Gasteiger partial charge in [-0.05, 0) is 12.3 Å². The quantitative estimate of drug-likeness (QED) is 0.184. The van der Waals surface area contributed by atoms with Crippen molar-refractivity contribution >= 4 is 39.8 Å². The number of aliphatic imine (C=N–C) groups is 1. The van der Waals surface area contributed by atoms with Crippen LogP contribution in [0.3, 0.4) is 0 Å². The molecule has 24 heavy (non-hydrogen) atoms. The Bertz CT molecular complexity index is 415. The first-order valence-electron chi connectivity index (χ1n) is 8.55. The van der Waals surface area contributed by atoms with E-state index in [1.54, 1.807) is 7.05 Å². The van der Waals surface area contributed by atoms with Gasteiger partial charge >= 0.3 is 0 Å². The van der Waals surface area contributed by atoms with Gasteiger partial charge in [0.1, 0.15) is 9.84 Å². The molecule has 0 saturated carbocycles. The van der Waals surface area contributed by atoms with E-state index >= 15 is 0 Å². The number of halogens is 1. The highest BCUT2D eigenvalue weighted by molar-refractivity contribution is 14.0. The molecule has 0 fully saturated rings. The van der Waals surface area contributed by atoms with Gasteiger partial charge in [-0.15, -0.1) is 24.0 Å². The van der Waals surface area contributed by atoms with Crippen LogP contribution in [0, 0.1) is 5.92 Å². The number of hydrogen-bond donors (Lipinski definition) is 2. The number of ether oxygens (including phenoxy) is 1. The molecule has 0 aromatic carbocycles. The number of rotatable bonds is 13. The second kappa shape index (κ2) is 16.4. The third-order valence-electron chi connectivity index (χ3n) is 3.36. The molecule has 0 atom stereocenters. The maximum atomic E-state index is 10.9. The van der Waals surface area contributed by atoms with Crippen LogP contribution in [0.25, 0.3) is 0 Å². The van der Waals surface area contributed by atoms with Gasteiger partial charge in [-0.3, -0.25) is 4.99 Å². The van der Waals surface area contributed by atoms with Crippen LogP contribution in [0.15, 0.2) is 4.99 Å². The van der Waals surface area contributed by atoms with Gasteiger partial charge in [-0.25, -0.2) is 8.42 Å². The maximum Gasteiger partial charge on any atom is 0.191 e. The van der Waals surface area contributed by atoms with Crippen LogP contribution >= 0.6 is 24.0 Å². The minimum atomic E-state index is -2.94. The largest absolute Gasteiger partial charge is 0.379 e. The fourth-order valence-electron chi connectivity index (χ4n) is 2.01. The lowest BCUT2D eigenvalue weighted by Crippen LogP contribution is -2.39. The second-order valence-corrected chi connectivity index (χ2v) is 8.52. The average Bonchev–Trinajstić information content (AvgIpc) is 2.46. The smallest absolute Gasteiger partial charge is 0.191 e. The summed E-state index contributed by atoms with van der Waals surface area (Å²) < 4.78 is 27.1. The summed E-state index contributed by atoms with van der Waals surface area (Å²) in [4.78, 5) is 4.15. The van der Waals surface area contributed by atoms with Crippen molar-refractivity contribution in [2.45, 2.75) is 46.0 Å². The third kappa shape index (κ3) is 20.0. The van der Waals surface area contributed by atoms with Crippen molar-refractivity contribution in [2.75, 3.05) is 45.4 Å². The number of nitrogens with zero attached hydrogens (tertiary/aromatic N) is 1. The summed E-state index contributed by atoms with van der Waals surface area (Å²) in [5.41, 5.74) is 0. The molecule has 0 aliphatic heterocycles. The van der Waals surface area contributed by atoms with Crippen molar-refractivity contribution in [3.8, 4) is 0 Å². The molecule has 6 nitrogen and oxygen atoms in total. The van der Waals surface area contributed by atoms with Gasteiger partial charge in [0, 0.05) is 26.4 Å². The number of unbranched alkanes of at least 4 members (excludes halogenated alkanes) is 3. The third-order valence-corrected chi connectivity index (χ3v) is 4.27. The summed E-state index contributed by atoms with van der Waals surface area (Å²) in [7, 11) is -1.20. The van der Waals surface area contributed by atoms with E-state index in [9.17, 15) is 8.42 Å². The van der Waals surface area contributed by atoms with E-state index in [0.29, 0.717) is 13.2 Å². The maximum absolute atomic E-state index is 10.9. The van der Waals surface area contributed by atoms with Crippen LogP contribution < -0.4 is 10.6 Å². The summed E-state index contributed by atoms with van der Waals surface area (Å²) in [5.74, 6) is 1.63. The highest BCUT2D eigenvalue weighted by Crippen LogP contribution is 2.08. The van der Waals surface area contributed by atoms with Gasteiger partial charge in [0.15, 0.2) is 5.96 Å². The number of hydrogen-bond acceptors (Lipinski definition) is 4. The van der Waals surface area contributed by atoms with Gasteiger partial charge < -0.3 is 15.4 Å². The van der Waals surface area contributed by atoms with Crippen LogP contribution in [0.2, 0.25) is 0 Å². The molecule has 0 aliphatic rings. The van der Waals surface area contributed by atoms with Crippen LogP contribution in [0.4, 0.5) is 0 Å². The van der Waals surface area contributed by atoms with E-state index in [-0.39, 0.29) is 36.3 Å². The minimum absolute atomic E-state index is 0. The molecule has 0 amide bonds. The van der Waals surface area contributed by atoms with Crippen molar-refractivity contribution in [3.63, 3.8) is 0 Å². The molecule has 0 unspecified atom stereocenters. The molecule has 0 aromatic heterocycles. The van der Waals surface area contributed by atoms with Gasteiger partial charge in [-0.2, -0.15) is 0 Å². The number of guanidine groups is 1. The summed E-state index contributed by atoms with van der Waals surface area (Å²) >= 11 is 0. The average molecular weight is 477 g/mol. The van der Waals surface area contributed by atoms with E-state index in [4.69, 9.17) is 4.74 Å². The minimum Gasteiger partial charge on any atom is -0.379 e. The zero-order chi connectivity index (χ0) is 17.6. The van der Waals surface area contributed by atoms with Gasteiger partial charge in [0.2, 0.25) is 0 Å². The van der Waals surface area contributed by atoms with E-state index in [1.165, 1.54) is 31.9 Å². The molecule has 0 aromatic rings. The highest BCUT2D eigenvalue weighted by Gasteiger charge is 2.01. The topological polar surface area (TPSA) is 79.8 Å². The zero-order valence-electron chi connectivity index (χ0n) is 15.6. The molecular weight excluding hydrogens is 441 g/mol. The van der Waals surface area contributed by atoms with Crippen molar-refractivity contribution in [2.24, 2.45) is 10.9 Å². The van der Waals surface area contributed by atoms with Crippen LogP contribution in [-0.2, 0) is 14.6 Å². The lowest BCUT2D eigenvalue weighted by molar-refractivity contribution is 0.154. The van der Waals surface area contributed by atoms with Crippen molar-refractivity contribution < 1.29 is 13.2 Å². The summed E-state index contributed by atoms with van der Waals surface area (Å²) in [5, 5.41) is 6.42. The first-order valence-corrected chi connectivity index (χ1v) is 10.6. The monoisotopic (exact) mass is 477 g/mol. The standard InChI is InChI=1S/C16H35N3O3S.HI/c1-15(2)9-7-5-6-8-10-18-16(17-3)19-11-12-22-13-14-23(4,20)21;/h15H,5-14H2,1-4H3,(H2,17,18,19);1H. The molecule has 146 valence electrons. The van der Waals surface area contributed by atoms with E-state index < -0.39 is 9.84 Å². The molecule has 0 aliphatic carbocycles. The van der Waals surface area contributed by atoms with Crippen LogP contribution in [-0.4, -0.2) is 59.7 Å². The normalized spacial score (nSPS) is 12.1. The molecular formula is C16H36IN3O3S. The zero-order valence-corrected chi connectivity index (χ0v) is 18.8. The van der Waals surface area contributed by atoms with Crippen molar-refractivity contribution in [1.29, 1.82) is 0 Å². The van der Waals surface area contributed by atoms with Crippen LogP contribution in [0.5, 0.6) is 0 Å². The summed E-state index contributed by atoms with van der Waals surface area (Å²) in [6, 6.07) is 0. The highest BCUT2D eigenvalue weighted by atomic mass is 127. The van der Waals surface area contributed by atoms with Crippen molar-refractivity contribution in [1.82, 2.24) is 10.6 Å².